The number of nitrogens with one attached hydrogen (secondary N) is 1. The lowest BCUT2D eigenvalue weighted by molar-refractivity contribution is -0.128. The van der Waals surface area contributed by atoms with Crippen molar-refractivity contribution in [3.8, 4) is 0 Å². The zero-order chi connectivity index (χ0) is 6.91. The Hall–Kier alpha value is -0.370. The van der Waals surface area contributed by atoms with E-state index in [1.165, 1.54) is 0 Å². The Labute approximate surface area is 55.6 Å². The highest BCUT2D eigenvalue weighted by molar-refractivity contribution is 5.86. The Morgan fingerprint density at radius 1 is 1.56 bits per heavy atom. The van der Waals surface area contributed by atoms with Gasteiger partial charge in [0.2, 0.25) is 0 Å². The van der Waals surface area contributed by atoms with E-state index in [0.717, 1.165) is 13.0 Å². The molecule has 0 aromatic heterocycles. The van der Waals surface area contributed by atoms with Gasteiger partial charge in [-0.1, -0.05) is 13.8 Å². The molecule has 2 nitrogen and oxygen atoms in total. The number of carbonyl (C=O) groups is 1. The van der Waals surface area contributed by atoms with E-state index in [1.807, 2.05) is 13.8 Å². The van der Waals surface area contributed by atoms with Gasteiger partial charge in [-0.15, -0.1) is 0 Å². The van der Waals surface area contributed by atoms with Crippen LogP contribution in [0.5, 0.6) is 0 Å². The molecule has 0 unspecified atom stereocenters. The molecule has 1 N–H and O–H groups in total. The molecule has 0 bridgehead atoms. The molecule has 9 heavy (non-hydrogen) atoms. The maximum Gasteiger partial charge on any atom is 0.152 e. The third-order valence-corrected chi connectivity index (χ3v) is 1.97. The molecule has 2 heteroatoms. The molecule has 0 amide bonds. The minimum atomic E-state index is -0.0642. The molecule has 0 aromatic carbocycles. The molecule has 52 valence electrons. The molecule has 0 radical (unpaired) electrons. The molecule has 1 aliphatic rings. The normalized spacial score (nSPS) is 26.2. The predicted octanol–water partition coefficient (Wildman–Crippen LogP) is 0.575. The summed E-state index contributed by atoms with van der Waals surface area (Å²) in [5.41, 5.74) is -0.0642. The lowest BCUT2D eigenvalue weighted by atomic mass is 9.82. The molecule has 1 heterocycles. The number of hydrogen-bond donors (Lipinski definition) is 1. The van der Waals surface area contributed by atoms with Crippen LogP contribution >= 0.6 is 0 Å². The number of piperidine rings is 1. The van der Waals surface area contributed by atoms with Gasteiger partial charge >= 0.3 is 0 Å². The molecule has 1 saturated heterocycles. The maximum atomic E-state index is 11.1. The Morgan fingerprint density at radius 2 is 2.22 bits per heavy atom. The summed E-state index contributed by atoms with van der Waals surface area (Å²) in [4.78, 5) is 11.1. The third-order valence-electron chi connectivity index (χ3n) is 1.97. The summed E-state index contributed by atoms with van der Waals surface area (Å²) < 4.78 is 0. The van der Waals surface area contributed by atoms with Gasteiger partial charge in [-0.2, -0.15) is 0 Å². The number of carbonyl (C=O) groups excluding carboxylic acids is 1. The average molecular weight is 127 g/mol. The molecule has 0 atom stereocenters. The average Bonchev–Trinajstić information content (AvgIpc) is 1.77. The first kappa shape index (κ1) is 6.75. The van der Waals surface area contributed by atoms with Crippen LogP contribution in [0, 0.1) is 5.41 Å². The molecular formula is C7H13NO. The fraction of sp³-hybridized carbons (Fsp3) is 0.857. The van der Waals surface area contributed by atoms with Crippen molar-refractivity contribution in [2.24, 2.45) is 5.41 Å². The molecular weight excluding hydrogens is 114 g/mol. The van der Waals surface area contributed by atoms with E-state index >= 15 is 0 Å². The van der Waals surface area contributed by atoms with E-state index in [0.29, 0.717) is 12.3 Å². The van der Waals surface area contributed by atoms with Gasteiger partial charge in [0.25, 0.3) is 0 Å². The van der Waals surface area contributed by atoms with Gasteiger partial charge in [-0.25, -0.2) is 0 Å². The third kappa shape index (κ3) is 1.30. The highest BCUT2D eigenvalue weighted by Gasteiger charge is 2.29. The van der Waals surface area contributed by atoms with Crippen LogP contribution in [-0.4, -0.2) is 18.9 Å². The molecule has 0 aromatic rings. The lowest BCUT2D eigenvalue weighted by Gasteiger charge is -2.27. The van der Waals surface area contributed by atoms with Crippen molar-refractivity contribution >= 4 is 5.78 Å². The summed E-state index contributed by atoms with van der Waals surface area (Å²) in [5.74, 6) is 0.341. The first-order chi connectivity index (χ1) is 4.13. The molecule has 0 spiro atoms. The fourth-order valence-corrected chi connectivity index (χ4v) is 0.982. The molecule has 1 aliphatic heterocycles. The second-order valence-corrected chi connectivity index (χ2v) is 3.23. The standard InChI is InChI=1S/C7H13NO/c1-7(2)3-4-8-5-6(7)9/h8H,3-5H2,1-2H3. The summed E-state index contributed by atoms with van der Waals surface area (Å²) in [7, 11) is 0. The van der Waals surface area contributed by atoms with Crippen LogP contribution in [-0.2, 0) is 4.79 Å². The van der Waals surface area contributed by atoms with Gasteiger partial charge in [-0.05, 0) is 13.0 Å². The van der Waals surface area contributed by atoms with Crippen LogP contribution in [0.15, 0.2) is 0 Å². The van der Waals surface area contributed by atoms with Crippen LogP contribution in [0.25, 0.3) is 0 Å². The minimum absolute atomic E-state index is 0.0642. The minimum Gasteiger partial charge on any atom is -0.310 e. The van der Waals surface area contributed by atoms with E-state index in [1.54, 1.807) is 0 Å². The second kappa shape index (κ2) is 2.10. The van der Waals surface area contributed by atoms with Gasteiger partial charge in [-0.3, -0.25) is 4.79 Å². The van der Waals surface area contributed by atoms with E-state index in [-0.39, 0.29) is 5.41 Å². The smallest absolute Gasteiger partial charge is 0.152 e. The van der Waals surface area contributed by atoms with Crippen LogP contribution in [0.2, 0.25) is 0 Å². The number of rotatable bonds is 0. The Bertz CT molecular complexity index is 129. The lowest BCUT2D eigenvalue weighted by Crippen LogP contribution is -2.42. The van der Waals surface area contributed by atoms with E-state index in [4.69, 9.17) is 0 Å². The van der Waals surface area contributed by atoms with Crippen molar-refractivity contribution in [1.29, 1.82) is 0 Å². The summed E-state index contributed by atoms with van der Waals surface area (Å²) >= 11 is 0. The van der Waals surface area contributed by atoms with Gasteiger partial charge in [0.1, 0.15) is 0 Å². The second-order valence-electron chi connectivity index (χ2n) is 3.23. The predicted molar refractivity (Wildman–Crippen MR) is 36.3 cm³/mol. The summed E-state index contributed by atoms with van der Waals surface area (Å²) in [6, 6.07) is 0. The molecule has 0 aliphatic carbocycles. The van der Waals surface area contributed by atoms with Crippen molar-refractivity contribution < 1.29 is 4.79 Å². The van der Waals surface area contributed by atoms with Crippen molar-refractivity contribution in [1.82, 2.24) is 5.32 Å². The van der Waals surface area contributed by atoms with E-state index < -0.39 is 0 Å². The maximum absolute atomic E-state index is 11.1. The first-order valence-corrected chi connectivity index (χ1v) is 3.37. The van der Waals surface area contributed by atoms with Crippen molar-refractivity contribution in [2.45, 2.75) is 20.3 Å². The highest BCUT2D eigenvalue weighted by Crippen LogP contribution is 2.22. The molecule has 1 rings (SSSR count). The quantitative estimate of drug-likeness (QED) is 0.515. The highest BCUT2D eigenvalue weighted by atomic mass is 16.1. The van der Waals surface area contributed by atoms with Crippen LogP contribution in [0.1, 0.15) is 20.3 Å². The van der Waals surface area contributed by atoms with Gasteiger partial charge in [0.15, 0.2) is 5.78 Å². The van der Waals surface area contributed by atoms with Gasteiger partial charge in [0.05, 0.1) is 6.54 Å². The fourth-order valence-electron chi connectivity index (χ4n) is 0.982. The number of hydrogen-bond acceptors (Lipinski definition) is 2. The Kier molecular flexibility index (Phi) is 1.58. The number of ketones is 1. The van der Waals surface area contributed by atoms with Crippen molar-refractivity contribution in [3.05, 3.63) is 0 Å². The van der Waals surface area contributed by atoms with Crippen molar-refractivity contribution in [3.63, 3.8) is 0 Å². The zero-order valence-electron chi connectivity index (χ0n) is 6.03. The largest absolute Gasteiger partial charge is 0.310 e. The topological polar surface area (TPSA) is 29.1 Å². The van der Waals surface area contributed by atoms with E-state index in [9.17, 15) is 4.79 Å². The monoisotopic (exact) mass is 127 g/mol. The summed E-state index contributed by atoms with van der Waals surface area (Å²) in [6.07, 6.45) is 0.978. The number of Topliss-reactive ketones (excluding diaryl/α,β-unsaturated/α-hetero) is 1. The van der Waals surface area contributed by atoms with Crippen molar-refractivity contribution in [2.75, 3.05) is 13.1 Å². The van der Waals surface area contributed by atoms with Crippen LogP contribution < -0.4 is 5.32 Å². The van der Waals surface area contributed by atoms with Crippen LogP contribution in [0.4, 0.5) is 0 Å². The summed E-state index contributed by atoms with van der Waals surface area (Å²) in [6.45, 7) is 5.57. The van der Waals surface area contributed by atoms with Crippen LogP contribution in [0.3, 0.4) is 0 Å². The molecule has 1 fully saturated rings. The summed E-state index contributed by atoms with van der Waals surface area (Å²) in [5, 5.41) is 3.04. The Morgan fingerprint density at radius 3 is 2.56 bits per heavy atom. The first-order valence-electron chi connectivity index (χ1n) is 3.37. The zero-order valence-corrected chi connectivity index (χ0v) is 6.03. The van der Waals surface area contributed by atoms with E-state index in [2.05, 4.69) is 5.32 Å². The SMILES string of the molecule is CC1(C)CCNCC1=O. The van der Waals surface area contributed by atoms with Gasteiger partial charge < -0.3 is 5.32 Å². The molecule has 0 saturated carbocycles. The Balaban J connectivity index is 2.60. The van der Waals surface area contributed by atoms with Gasteiger partial charge in [0, 0.05) is 5.41 Å².